The number of carbonyl (C=O) groups excluding carboxylic acids is 5. The summed E-state index contributed by atoms with van der Waals surface area (Å²) in [6.07, 6.45) is -1.50. The van der Waals surface area contributed by atoms with Crippen LogP contribution in [0.4, 0.5) is 4.79 Å². The van der Waals surface area contributed by atoms with Gasteiger partial charge in [-0.2, -0.15) is 0 Å². The Morgan fingerprint density at radius 1 is 0.675 bits per heavy atom. The van der Waals surface area contributed by atoms with Gasteiger partial charge in [-0.1, -0.05) is 53.5 Å². The van der Waals surface area contributed by atoms with Crippen LogP contribution in [0.1, 0.15) is 39.1 Å². The molecule has 0 spiro atoms. The molecule has 11 heteroatoms. The highest BCUT2D eigenvalue weighted by Gasteiger charge is 2.25. The van der Waals surface area contributed by atoms with Crippen LogP contribution in [0.25, 0.3) is 0 Å². The number of carbonyl (C=O) groups is 5. The number of esters is 2. The summed E-state index contributed by atoms with van der Waals surface area (Å²) in [5.41, 5.74) is 1.31. The number of hydrogen-bond donors (Lipinski definition) is 1. The Hall–Kier alpha value is -4.21. The maximum absolute atomic E-state index is 12.8. The van der Waals surface area contributed by atoms with Gasteiger partial charge in [0.1, 0.15) is 12.6 Å². The summed E-state index contributed by atoms with van der Waals surface area (Å²) in [4.78, 5) is 62.0. The van der Waals surface area contributed by atoms with Crippen molar-refractivity contribution in [2.45, 2.75) is 25.5 Å². The maximum atomic E-state index is 12.8. The first-order valence-corrected chi connectivity index (χ1v) is 12.8. The zero-order valence-corrected chi connectivity index (χ0v) is 22.7. The van der Waals surface area contributed by atoms with E-state index in [2.05, 4.69) is 5.32 Å². The van der Waals surface area contributed by atoms with Crippen molar-refractivity contribution >= 4 is 52.8 Å². The molecule has 0 bridgehead atoms. The van der Waals surface area contributed by atoms with Gasteiger partial charge in [0.05, 0.1) is 0 Å². The Bertz CT molecular complexity index is 1330. The third kappa shape index (κ3) is 10.2. The molecule has 40 heavy (non-hydrogen) atoms. The molecule has 208 valence electrons. The number of ketones is 2. The molecule has 0 aliphatic carbocycles. The Labute approximate surface area is 240 Å². The number of hydrogen-bond acceptors (Lipinski definition) is 8. The topological polar surface area (TPSA) is 125 Å². The monoisotopic (exact) mass is 585 g/mol. The highest BCUT2D eigenvalue weighted by atomic mass is 35.5. The predicted octanol–water partition coefficient (Wildman–Crippen LogP) is 5.22. The highest BCUT2D eigenvalue weighted by Crippen LogP contribution is 2.12. The molecule has 3 rings (SSSR count). The molecule has 1 N–H and O–H groups in total. The average Bonchev–Trinajstić information content (AvgIpc) is 2.96. The Morgan fingerprint density at radius 3 is 1.75 bits per heavy atom. The minimum Gasteiger partial charge on any atom is -0.457 e. The molecule has 0 aliphatic heterocycles. The van der Waals surface area contributed by atoms with Crippen LogP contribution in [0.3, 0.4) is 0 Å². The van der Waals surface area contributed by atoms with Crippen LogP contribution in [-0.2, 0) is 30.4 Å². The fourth-order valence-electron chi connectivity index (χ4n) is 3.31. The van der Waals surface area contributed by atoms with Crippen molar-refractivity contribution in [3.05, 3.63) is 106 Å². The molecule has 0 saturated heterocycles. The molecule has 9 nitrogen and oxygen atoms in total. The molecule has 0 aliphatic rings. The SMILES string of the molecule is O=C(CC[C@@H](NC(=O)OCc1ccccc1)C(=O)OCC(=O)c1ccc(Cl)cc1)OCC(=O)c1ccc(Cl)cc1. The van der Waals surface area contributed by atoms with Gasteiger partial charge in [0, 0.05) is 27.6 Å². The van der Waals surface area contributed by atoms with Crippen molar-refractivity contribution < 1.29 is 38.2 Å². The summed E-state index contributed by atoms with van der Waals surface area (Å²) >= 11 is 11.6. The van der Waals surface area contributed by atoms with Gasteiger partial charge in [0.2, 0.25) is 0 Å². The lowest BCUT2D eigenvalue weighted by atomic mass is 10.1. The van der Waals surface area contributed by atoms with Gasteiger partial charge in [0.25, 0.3) is 0 Å². The van der Waals surface area contributed by atoms with Gasteiger partial charge >= 0.3 is 18.0 Å². The lowest BCUT2D eigenvalue weighted by Gasteiger charge is -2.17. The molecular formula is C29H25Cl2NO8. The smallest absolute Gasteiger partial charge is 0.408 e. The van der Waals surface area contributed by atoms with Crippen molar-refractivity contribution in [2.75, 3.05) is 13.2 Å². The number of alkyl carbamates (subject to hydrolysis) is 1. The molecule has 0 aromatic heterocycles. The third-order valence-electron chi connectivity index (χ3n) is 5.47. The lowest BCUT2D eigenvalue weighted by Crippen LogP contribution is -2.43. The second-order valence-corrected chi connectivity index (χ2v) is 9.30. The van der Waals surface area contributed by atoms with Crippen molar-refractivity contribution in [1.29, 1.82) is 0 Å². The van der Waals surface area contributed by atoms with Crippen LogP contribution >= 0.6 is 23.2 Å². The number of benzene rings is 3. The quantitative estimate of drug-likeness (QED) is 0.164. The van der Waals surface area contributed by atoms with Crippen LogP contribution in [0.5, 0.6) is 0 Å². The Balaban J connectivity index is 1.55. The van der Waals surface area contributed by atoms with E-state index in [4.69, 9.17) is 37.4 Å². The van der Waals surface area contributed by atoms with Crippen LogP contribution < -0.4 is 5.32 Å². The normalized spacial score (nSPS) is 11.2. The van der Waals surface area contributed by atoms with E-state index in [0.29, 0.717) is 15.6 Å². The standard InChI is InChI=1S/C29H25Cl2NO8/c30-22-10-6-20(7-11-22)25(33)17-38-27(35)15-14-24(32-29(37)40-16-19-4-2-1-3-5-19)28(36)39-18-26(34)21-8-12-23(31)13-9-21/h1-13,24H,14-18H2,(H,32,37)/t24-/m1/s1. The van der Waals surface area contributed by atoms with Crippen LogP contribution in [0.2, 0.25) is 10.0 Å². The molecule has 3 aromatic carbocycles. The minimum absolute atomic E-state index is 0.0572. The number of nitrogens with one attached hydrogen (secondary N) is 1. The number of rotatable bonds is 13. The summed E-state index contributed by atoms with van der Waals surface area (Å²) in [6.45, 7) is -1.17. The number of amides is 1. The van der Waals surface area contributed by atoms with E-state index in [1.54, 1.807) is 24.3 Å². The molecule has 0 unspecified atom stereocenters. The van der Waals surface area contributed by atoms with Crippen molar-refractivity contribution in [2.24, 2.45) is 0 Å². The van der Waals surface area contributed by atoms with Gasteiger partial charge < -0.3 is 19.5 Å². The van der Waals surface area contributed by atoms with Gasteiger partial charge in [0.15, 0.2) is 24.8 Å². The van der Waals surface area contributed by atoms with E-state index in [1.165, 1.54) is 48.5 Å². The first-order valence-electron chi connectivity index (χ1n) is 12.1. The van der Waals surface area contributed by atoms with Crippen molar-refractivity contribution in [3.63, 3.8) is 0 Å². The summed E-state index contributed by atoms with van der Waals surface area (Å²) in [6, 6.07) is 19.6. The van der Waals surface area contributed by atoms with Crippen molar-refractivity contribution in [1.82, 2.24) is 5.32 Å². The number of halogens is 2. The van der Waals surface area contributed by atoms with Gasteiger partial charge in [-0.15, -0.1) is 0 Å². The lowest BCUT2D eigenvalue weighted by molar-refractivity contribution is -0.146. The fourth-order valence-corrected chi connectivity index (χ4v) is 3.56. The molecular weight excluding hydrogens is 561 g/mol. The molecule has 0 fully saturated rings. The maximum Gasteiger partial charge on any atom is 0.408 e. The Kier molecular flexibility index (Phi) is 11.7. The highest BCUT2D eigenvalue weighted by molar-refractivity contribution is 6.31. The first-order chi connectivity index (χ1) is 19.2. The third-order valence-corrected chi connectivity index (χ3v) is 5.97. The van der Waals surface area contributed by atoms with Gasteiger partial charge in [-0.3, -0.25) is 14.4 Å². The molecule has 0 saturated carbocycles. The molecule has 0 radical (unpaired) electrons. The summed E-state index contributed by atoms with van der Waals surface area (Å²) in [5, 5.41) is 3.25. The van der Waals surface area contributed by atoms with Crippen LogP contribution in [-0.4, -0.2) is 48.9 Å². The van der Waals surface area contributed by atoms with E-state index in [-0.39, 0.29) is 25.0 Å². The van der Waals surface area contributed by atoms with E-state index >= 15 is 0 Å². The number of ether oxygens (including phenoxy) is 3. The molecule has 3 aromatic rings. The van der Waals surface area contributed by atoms with Crippen LogP contribution in [0.15, 0.2) is 78.9 Å². The zero-order chi connectivity index (χ0) is 28.9. The predicted molar refractivity (Wildman–Crippen MR) is 146 cm³/mol. The van der Waals surface area contributed by atoms with E-state index in [1.807, 2.05) is 6.07 Å². The van der Waals surface area contributed by atoms with Crippen molar-refractivity contribution in [3.8, 4) is 0 Å². The molecule has 0 heterocycles. The molecule has 1 amide bonds. The van der Waals surface area contributed by atoms with Crippen LogP contribution in [0, 0.1) is 0 Å². The summed E-state index contributed by atoms with van der Waals surface area (Å²) < 4.78 is 15.3. The summed E-state index contributed by atoms with van der Waals surface area (Å²) in [5.74, 6) is -2.67. The van der Waals surface area contributed by atoms with E-state index in [9.17, 15) is 24.0 Å². The number of Topliss-reactive ketones (excluding diaryl/α,β-unsaturated/α-hetero) is 2. The second kappa shape index (κ2) is 15.4. The fraction of sp³-hybridized carbons (Fsp3) is 0.207. The summed E-state index contributed by atoms with van der Waals surface area (Å²) in [7, 11) is 0. The minimum atomic E-state index is -1.33. The second-order valence-electron chi connectivity index (χ2n) is 8.43. The first kappa shape index (κ1) is 30.3. The Morgan fingerprint density at radius 2 is 1.20 bits per heavy atom. The largest absolute Gasteiger partial charge is 0.457 e. The molecule has 1 atom stereocenters. The van der Waals surface area contributed by atoms with Gasteiger partial charge in [-0.25, -0.2) is 9.59 Å². The average molecular weight is 586 g/mol. The van der Waals surface area contributed by atoms with Gasteiger partial charge in [-0.05, 0) is 60.5 Å². The van der Waals surface area contributed by atoms with E-state index < -0.39 is 48.9 Å². The van der Waals surface area contributed by atoms with E-state index in [0.717, 1.165) is 5.56 Å². The zero-order valence-electron chi connectivity index (χ0n) is 21.1.